The molecule has 0 spiro atoms. The van der Waals surface area contributed by atoms with Gasteiger partial charge in [0.25, 0.3) is 12.5 Å². The van der Waals surface area contributed by atoms with Crippen LogP contribution in [0.3, 0.4) is 0 Å². The molecule has 0 fully saturated rings. The van der Waals surface area contributed by atoms with Crippen LogP contribution in [0.15, 0.2) is 29.2 Å². The predicted octanol–water partition coefficient (Wildman–Crippen LogP) is -0.131. The van der Waals surface area contributed by atoms with Gasteiger partial charge < -0.3 is 10.2 Å². The third-order valence-electron chi connectivity index (χ3n) is 1.96. The second kappa shape index (κ2) is 5.43. The van der Waals surface area contributed by atoms with E-state index in [-0.39, 0.29) is 23.9 Å². The van der Waals surface area contributed by atoms with Crippen molar-refractivity contribution >= 4 is 15.9 Å². The molecule has 0 aliphatic rings. The number of primary sulfonamides is 1. The summed E-state index contributed by atoms with van der Waals surface area (Å²) in [4.78, 5) is 14.0. The highest BCUT2D eigenvalue weighted by atomic mass is 32.2. The molecule has 90 valence electrons. The molecular weight excluding hydrogens is 242 g/mol. The Morgan fingerprint density at radius 3 is 2.41 bits per heavy atom. The van der Waals surface area contributed by atoms with E-state index in [2.05, 4.69) is 10.2 Å². The van der Waals surface area contributed by atoms with Crippen LogP contribution in [0.5, 0.6) is 0 Å². The van der Waals surface area contributed by atoms with Gasteiger partial charge in [0.05, 0.1) is 4.90 Å². The summed E-state index contributed by atoms with van der Waals surface area (Å²) >= 11 is 0. The van der Waals surface area contributed by atoms with Crippen LogP contribution in [0.2, 0.25) is 0 Å². The SMILES string of the molecule is [C-]#[N+]CC(=O)NCc1ccc(S(N)(=O)=O)cc1. The first-order chi connectivity index (χ1) is 7.93. The van der Waals surface area contributed by atoms with Crippen molar-refractivity contribution in [3.05, 3.63) is 41.2 Å². The molecule has 1 aromatic carbocycles. The van der Waals surface area contributed by atoms with E-state index in [0.717, 1.165) is 5.56 Å². The van der Waals surface area contributed by atoms with Crippen molar-refractivity contribution in [1.29, 1.82) is 0 Å². The molecule has 0 unspecified atom stereocenters. The Balaban J connectivity index is 2.64. The second-order valence-corrected chi connectivity index (χ2v) is 4.84. The average molecular weight is 253 g/mol. The molecule has 1 amide bonds. The van der Waals surface area contributed by atoms with Crippen molar-refractivity contribution < 1.29 is 13.2 Å². The molecule has 1 rings (SSSR count). The number of benzene rings is 1. The number of hydrogen-bond acceptors (Lipinski definition) is 3. The van der Waals surface area contributed by atoms with Gasteiger partial charge in [0.2, 0.25) is 10.0 Å². The molecule has 0 bridgehead atoms. The first-order valence-electron chi connectivity index (χ1n) is 4.65. The molecule has 1 aromatic rings. The summed E-state index contributed by atoms with van der Waals surface area (Å²) in [5.74, 6) is -0.365. The van der Waals surface area contributed by atoms with Gasteiger partial charge in [-0.25, -0.2) is 20.1 Å². The molecule has 0 aliphatic carbocycles. The van der Waals surface area contributed by atoms with Crippen LogP contribution in [0.25, 0.3) is 4.85 Å². The van der Waals surface area contributed by atoms with Crippen LogP contribution >= 0.6 is 0 Å². The largest absolute Gasteiger partial charge is 0.346 e. The lowest BCUT2D eigenvalue weighted by molar-refractivity contribution is -0.119. The maximum absolute atomic E-state index is 11.0. The Morgan fingerprint density at radius 2 is 1.94 bits per heavy atom. The smallest absolute Gasteiger partial charge is 0.300 e. The zero-order chi connectivity index (χ0) is 12.9. The number of nitrogens with zero attached hydrogens (tertiary/aromatic N) is 1. The topological polar surface area (TPSA) is 93.6 Å². The van der Waals surface area contributed by atoms with Crippen molar-refractivity contribution in [3.63, 3.8) is 0 Å². The lowest BCUT2D eigenvalue weighted by Crippen LogP contribution is -2.24. The van der Waals surface area contributed by atoms with Gasteiger partial charge in [0, 0.05) is 6.54 Å². The van der Waals surface area contributed by atoms with Crippen molar-refractivity contribution in [2.75, 3.05) is 6.54 Å². The van der Waals surface area contributed by atoms with E-state index < -0.39 is 10.0 Å². The highest BCUT2D eigenvalue weighted by molar-refractivity contribution is 7.89. The Morgan fingerprint density at radius 1 is 1.35 bits per heavy atom. The van der Waals surface area contributed by atoms with Gasteiger partial charge in [-0.2, -0.15) is 0 Å². The molecule has 0 atom stereocenters. The fraction of sp³-hybridized carbons (Fsp3) is 0.200. The quantitative estimate of drug-likeness (QED) is 0.732. The summed E-state index contributed by atoms with van der Waals surface area (Å²) in [6, 6.07) is 5.84. The van der Waals surface area contributed by atoms with E-state index in [1.54, 1.807) is 12.1 Å². The van der Waals surface area contributed by atoms with Crippen LogP contribution in [-0.2, 0) is 21.4 Å². The second-order valence-electron chi connectivity index (χ2n) is 3.28. The minimum atomic E-state index is -3.69. The van der Waals surface area contributed by atoms with Crippen molar-refractivity contribution in [1.82, 2.24) is 5.32 Å². The van der Waals surface area contributed by atoms with Crippen molar-refractivity contribution in [3.8, 4) is 0 Å². The molecule has 0 radical (unpaired) electrons. The van der Waals surface area contributed by atoms with E-state index in [1.807, 2.05) is 0 Å². The number of hydrogen-bond donors (Lipinski definition) is 2. The summed E-state index contributed by atoms with van der Waals surface area (Å²) in [5, 5.41) is 7.46. The zero-order valence-electron chi connectivity index (χ0n) is 8.88. The molecular formula is C10H11N3O3S. The van der Waals surface area contributed by atoms with Crippen LogP contribution < -0.4 is 10.5 Å². The van der Waals surface area contributed by atoms with Gasteiger partial charge in [-0.3, -0.25) is 4.79 Å². The van der Waals surface area contributed by atoms with E-state index >= 15 is 0 Å². The molecule has 0 aromatic heterocycles. The normalized spacial score (nSPS) is 10.6. The van der Waals surface area contributed by atoms with E-state index in [9.17, 15) is 13.2 Å². The summed E-state index contributed by atoms with van der Waals surface area (Å²) in [6.45, 7) is 6.53. The summed E-state index contributed by atoms with van der Waals surface area (Å²) in [7, 11) is -3.69. The first-order valence-corrected chi connectivity index (χ1v) is 6.20. The highest BCUT2D eigenvalue weighted by Crippen LogP contribution is 2.08. The Hall–Kier alpha value is -1.91. The third-order valence-corrected chi connectivity index (χ3v) is 2.89. The number of sulfonamides is 1. The fourth-order valence-corrected chi connectivity index (χ4v) is 1.64. The van der Waals surface area contributed by atoms with Gasteiger partial charge in [-0.05, 0) is 17.7 Å². The molecule has 6 nitrogen and oxygen atoms in total. The number of carbonyl (C=O) groups excluding carboxylic acids is 1. The lowest BCUT2D eigenvalue weighted by atomic mass is 10.2. The summed E-state index contributed by atoms with van der Waals surface area (Å²) < 4.78 is 21.9. The average Bonchev–Trinajstić information content (AvgIpc) is 2.26. The van der Waals surface area contributed by atoms with Crippen LogP contribution in [0, 0.1) is 6.57 Å². The van der Waals surface area contributed by atoms with Gasteiger partial charge in [0.1, 0.15) is 0 Å². The maximum Gasteiger partial charge on any atom is 0.300 e. The van der Waals surface area contributed by atoms with Crippen molar-refractivity contribution in [2.45, 2.75) is 11.4 Å². The number of nitrogens with one attached hydrogen (secondary N) is 1. The van der Waals surface area contributed by atoms with Gasteiger partial charge in [-0.15, -0.1) is 0 Å². The fourth-order valence-electron chi connectivity index (χ4n) is 1.13. The molecule has 0 heterocycles. The summed E-state index contributed by atoms with van der Waals surface area (Å²) in [6.07, 6.45) is 0. The van der Waals surface area contributed by atoms with Crippen molar-refractivity contribution in [2.24, 2.45) is 5.14 Å². The van der Waals surface area contributed by atoms with Crippen LogP contribution in [0.1, 0.15) is 5.56 Å². The first kappa shape index (κ1) is 13.2. The Labute approximate surface area is 99.3 Å². The minimum absolute atomic E-state index is 0.0220. The third kappa shape index (κ3) is 4.22. The number of nitrogens with two attached hydrogens (primary N) is 1. The maximum atomic E-state index is 11.0. The molecule has 3 N–H and O–H groups in total. The van der Waals surface area contributed by atoms with E-state index in [1.165, 1.54) is 12.1 Å². The van der Waals surface area contributed by atoms with Crippen LogP contribution in [0.4, 0.5) is 0 Å². The number of rotatable bonds is 4. The molecule has 0 saturated heterocycles. The van der Waals surface area contributed by atoms with Gasteiger partial charge in [0.15, 0.2) is 0 Å². The Kier molecular flexibility index (Phi) is 4.20. The van der Waals surface area contributed by atoms with E-state index in [4.69, 9.17) is 11.7 Å². The molecule has 0 saturated carbocycles. The molecule has 7 heteroatoms. The highest BCUT2D eigenvalue weighted by Gasteiger charge is 2.07. The standard InChI is InChI=1S/C10H11N3O3S/c1-12-7-10(14)13-6-8-2-4-9(5-3-8)17(11,15)16/h2-5H,6-7H2,(H,13,14)(H2,11,15,16). The molecule has 0 aliphatic heterocycles. The number of carbonyl (C=O) groups is 1. The van der Waals surface area contributed by atoms with E-state index in [0.29, 0.717) is 0 Å². The van der Waals surface area contributed by atoms with Gasteiger partial charge in [-0.1, -0.05) is 12.1 Å². The Bertz CT molecular complexity index is 543. The van der Waals surface area contributed by atoms with Gasteiger partial charge >= 0.3 is 0 Å². The monoisotopic (exact) mass is 253 g/mol. The lowest BCUT2D eigenvalue weighted by Gasteiger charge is -2.03. The minimum Gasteiger partial charge on any atom is -0.346 e. The predicted molar refractivity (Wildman–Crippen MR) is 61.1 cm³/mol. The summed E-state index contributed by atoms with van der Waals surface area (Å²) in [5.41, 5.74) is 0.732. The van der Waals surface area contributed by atoms with Crippen LogP contribution in [-0.4, -0.2) is 20.9 Å². The zero-order valence-corrected chi connectivity index (χ0v) is 9.70. The molecule has 17 heavy (non-hydrogen) atoms. The number of amides is 1.